The molecule has 4 heteroatoms. The number of carboxylic acids is 1. The first-order valence-electron chi connectivity index (χ1n) is 6.54. The van der Waals surface area contributed by atoms with Gasteiger partial charge in [-0.25, -0.2) is 0 Å². The molecular formula is C13H23NO3. The molecule has 1 rings (SSSR count). The number of carbonyl (C=O) groups is 2. The average molecular weight is 241 g/mol. The van der Waals surface area contributed by atoms with Gasteiger partial charge in [0.15, 0.2) is 0 Å². The third kappa shape index (κ3) is 5.20. The van der Waals surface area contributed by atoms with Crippen LogP contribution in [-0.2, 0) is 9.59 Å². The summed E-state index contributed by atoms with van der Waals surface area (Å²) in [4.78, 5) is 22.0. The van der Waals surface area contributed by atoms with Crippen molar-refractivity contribution < 1.29 is 14.7 Å². The molecule has 3 atom stereocenters. The molecule has 1 saturated carbocycles. The number of carbonyl (C=O) groups excluding carboxylic acids is 1. The molecule has 0 aromatic carbocycles. The Hall–Kier alpha value is -1.06. The summed E-state index contributed by atoms with van der Waals surface area (Å²) in [6.07, 6.45) is 3.81. The third-order valence-electron chi connectivity index (χ3n) is 3.64. The molecule has 0 spiro atoms. The Bertz CT molecular complexity index is 278. The fraction of sp³-hybridized carbons (Fsp3) is 0.846. The van der Waals surface area contributed by atoms with Gasteiger partial charge in [0.25, 0.3) is 0 Å². The standard InChI is InChI=1S/C13H23NO3/c1-3-10(4-5-12(15)16)6-7-14-13(17)11-8-9(11)2/h9-11H,3-8H2,1-2H3,(H,14,17)(H,15,16). The maximum atomic E-state index is 11.5. The van der Waals surface area contributed by atoms with E-state index in [4.69, 9.17) is 5.11 Å². The van der Waals surface area contributed by atoms with Gasteiger partial charge in [0.05, 0.1) is 0 Å². The summed E-state index contributed by atoms with van der Waals surface area (Å²) < 4.78 is 0. The predicted molar refractivity (Wildman–Crippen MR) is 65.5 cm³/mol. The van der Waals surface area contributed by atoms with E-state index < -0.39 is 5.97 Å². The van der Waals surface area contributed by atoms with Crippen LogP contribution in [0.2, 0.25) is 0 Å². The topological polar surface area (TPSA) is 66.4 Å². The molecule has 1 aliphatic carbocycles. The van der Waals surface area contributed by atoms with Crippen molar-refractivity contribution in [2.45, 2.75) is 46.0 Å². The molecule has 98 valence electrons. The molecule has 17 heavy (non-hydrogen) atoms. The van der Waals surface area contributed by atoms with E-state index in [1.807, 2.05) is 0 Å². The molecular weight excluding hydrogens is 218 g/mol. The molecule has 0 saturated heterocycles. The number of amides is 1. The van der Waals surface area contributed by atoms with Crippen LogP contribution in [0.15, 0.2) is 0 Å². The molecule has 0 heterocycles. The fourth-order valence-corrected chi connectivity index (χ4v) is 2.10. The summed E-state index contributed by atoms with van der Waals surface area (Å²) in [5.74, 6) is 0.617. The van der Waals surface area contributed by atoms with Gasteiger partial charge in [-0.05, 0) is 31.1 Å². The van der Waals surface area contributed by atoms with Crippen LogP contribution in [0.3, 0.4) is 0 Å². The maximum Gasteiger partial charge on any atom is 0.303 e. The highest BCUT2D eigenvalue weighted by atomic mass is 16.4. The largest absolute Gasteiger partial charge is 0.481 e. The van der Waals surface area contributed by atoms with Crippen molar-refractivity contribution in [3.8, 4) is 0 Å². The highest BCUT2D eigenvalue weighted by Gasteiger charge is 2.38. The zero-order chi connectivity index (χ0) is 12.8. The molecule has 3 unspecified atom stereocenters. The van der Waals surface area contributed by atoms with Crippen molar-refractivity contribution in [2.24, 2.45) is 17.8 Å². The number of nitrogens with one attached hydrogen (secondary N) is 1. The van der Waals surface area contributed by atoms with Crippen molar-refractivity contribution in [1.29, 1.82) is 0 Å². The van der Waals surface area contributed by atoms with Crippen LogP contribution in [-0.4, -0.2) is 23.5 Å². The number of aliphatic carboxylic acids is 1. The predicted octanol–water partition coefficient (Wildman–Crippen LogP) is 2.04. The van der Waals surface area contributed by atoms with E-state index in [-0.39, 0.29) is 18.2 Å². The monoisotopic (exact) mass is 241 g/mol. The number of hydrogen-bond acceptors (Lipinski definition) is 2. The second kappa shape index (κ2) is 6.62. The normalized spacial score (nSPS) is 24.1. The first kappa shape index (κ1) is 14.0. The van der Waals surface area contributed by atoms with Crippen LogP contribution in [0.4, 0.5) is 0 Å². The number of hydrogen-bond donors (Lipinski definition) is 2. The summed E-state index contributed by atoms with van der Waals surface area (Å²) in [5, 5.41) is 11.6. The summed E-state index contributed by atoms with van der Waals surface area (Å²) in [6, 6.07) is 0. The van der Waals surface area contributed by atoms with Crippen molar-refractivity contribution in [1.82, 2.24) is 5.32 Å². The molecule has 0 radical (unpaired) electrons. The summed E-state index contributed by atoms with van der Waals surface area (Å²) >= 11 is 0. The van der Waals surface area contributed by atoms with E-state index in [1.54, 1.807) is 0 Å². The Morgan fingerprint density at radius 3 is 2.53 bits per heavy atom. The highest BCUT2D eigenvalue weighted by molar-refractivity contribution is 5.81. The Morgan fingerprint density at radius 2 is 2.06 bits per heavy atom. The Balaban J connectivity index is 2.10. The molecule has 2 N–H and O–H groups in total. The van der Waals surface area contributed by atoms with Crippen molar-refractivity contribution >= 4 is 11.9 Å². The number of rotatable bonds is 8. The lowest BCUT2D eigenvalue weighted by Gasteiger charge is -2.13. The van der Waals surface area contributed by atoms with Crippen LogP contribution in [0.25, 0.3) is 0 Å². The van der Waals surface area contributed by atoms with E-state index >= 15 is 0 Å². The first-order chi connectivity index (χ1) is 8.04. The molecule has 0 aromatic rings. The van der Waals surface area contributed by atoms with E-state index in [9.17, 15) is 9.59 Å². The lowest BCUT2D eigenvalue weighted by Crippen LogP contribution is -2.27. The smallest absolute Gasteiger partial charge is 0.303 e. The van der Waals surface area contributed by atoms with Gasteiger partial charge in [0.1, 0.15) is 0 Å². The van der Waals surface area contributed by atoms with Crippen LogP contribution < -0.4 is 5.32 Å². The highest BCUT2D eigenvalue weighted by Crippen LogP contribution is 2.37. The average Bonchev–Trinajstić information content (AvgIpc) is 3.00. The van der Waals surface area contributed by atoms with Crippen LogP contribution >= 0.6 is 0 Å². The fourth-order valence-electron chi connectivity index (χ4n) is 2.10. The van der Waals surface area contributed by atoms with Gasteiger partial charge in [-0.2, -0.15) is 0 Å². The van der Waals surface area contributed by atoms with Crippen molar-refractivity contribution in [2.75, 3.05) is 6.54 Å². The number of carboxylic acid groups (broad SMARTS) is 1. The molecule has 0 bridgehead atoms. The van der Waals surface area contributed by atoms with Gasteiger partial charge in [0, 0.05) is 18.9 Å². The molecule has 1 amide bonds. The van der Waals surface area contributed by atoms with Crippen molar-refractivity contribution in [3.63, 3.8) is 0 Å². The molecule has 0 aromatic heterocycles. The zero-order valence-electron chi connectivity index (χ0n) is 10.7. The third-order valence-corrected chi connectivity index (χ3v) is 3.64. The van der Waals surface area contributed by atoms with Gasteiger partial charge < -0.3 is 10.4 Å². The van der Waals surface area contributed by atoms with E-state index in [2.05, 4.69) is 19.2 Å². The van der Waals surface area contributed by atoms with E-state index in [0.29, 0.717) is 24.8 Å². The quantitative estimate of drug-likeness (QED) is 0.683. The molecule has 1 aliphatic rings. The SMILES string of the molecule is CCC(CCNC(=O)C1CC1C)CCC(=O)O. The van der Waals surface area contributed by atoms with E-state index in [0.717, 1.165) is 19.3 Å². The minimum atomic E-state index is -0.737. The van der Waals surface area contributed by atoms with Crippen molar-refractivity contribution in [3.05, 3.63) is 0 Å². The summed E-state index contributed by atoms with van der Waals surface area (Å²) in [6.45, 7) is 4.84. The lowest BCUT2D eigenvalue weighted by atomic mass is 9.96. The second-order valence-corrected chi connectivity index (χ2v) is 5.11. The minimum absolute atomic E-state index is 0.172. The van der Waals surface area contributed by atoms with Gasteiger partial charge >= 0.3 is 5.97 Å². The maximum absolute atomic E-state index is 11.5. The van der Waals surface area contributed by atoms with Crippen LogP contribution in [0.1, 0.15) is 46.0 Å². The van der Waals surface area contributed by atoms with Crippen LogP contribution in [0.5, 0.6) is 0 Å². The Morgan fingerprint density at radius 1 is 1.41 bits per heavy atom. The molecule has 4 nitrogen and oxygen atoms in total. The van der Waals surface area contributed by atoms with Gasteiger partial charge in [0.2, 0.25) is 5.91 Å². The summed E-state index contributed by atoms with van der Waals surface area (Å²) in [5.41, 5.74) is 0. The molecule has 1 fully saturated rings. The Labute approximate surface area is 103 Å². The van der Waals surface area contributed by atoms with Gasteiger partial charge in [-0.15, -0.1) is 0 Å². The lowest BCUT2D eigenvalue weighted by molar-refractivity contribution is -0.137. The zero-order valence-corrected chi connectivity index (χ0v) is 10.7. The second-order valence-electron chi connectivity index (χ2n) is 5.11. The van der Waals surface area contributed by atoms with Gasteiger partial charge in [-0.1, -0.05) is 20.3 Å². The minimum Gasteiger partial charge on any atom is -0.481 e. The van der Waals surface area contributed by atoms with Crippen LogP contribution in [0, 0.1) is 17.8 Å². The molecule has 0 aliphatic heterocycles. The summed E-state index contributed by atoms with van der Waals surface area (Å²) in [7, 11) is 0. The van der Waals surface area contributed by atoms with E-state index in [1.165, 1.54) is 0 Å². The Kier molecular flexibility index (Phi) is 5.45. The first-order valence-corrected chi connectivity index (χ1v) is 6.54. The van der Waals surface area contributed by atoms with Gasteiger partial charge in [-0.3, -0.25) is 9.59 Å².